The highest BCUT2D eigenvalue weighted by molar-refractivity contribution is 7.71. The average Bonchev–Trinajstić information content (AvgIpc) is 2.97. The summed E-state index contributed by atoms with van der Waals surface area (Å²) in [6, 6.07) is 5.55. The lowest BCUT2D eigenvalue weighted by Crippen LogP contribution is -2.29. The van der Waals surface area contributed by atoms with Gasteiger partial charge in [0.2, 0.25) is 0 Å². The van der Waals surface area contributed by atoms with Crippen LogP contribution in [0.15, 0.2) is 64.2 Å². The van der Waals surface area contributed by atoms with Crippen molar-refractivity contribution in [2.75, 3.05) is 19.4 Å². The maximum absolute atomic E-state index is 11.5. The Hall–Kier alpha value is -3.76. The standard InChI is InChI=1S/C11H12N2O.C8H9ClO.C5H6N4OS/c1-2-9-7-10(14)8-13-6-4-3-5-11(13)12-9;1-6-5-7(9)3-4-8(6)10-2;6-1-2-3(7)8-5(11)9-4(2)10/h3-7H,2,8H2,1H3;3-5H,1-2H3;1,6H,(H4,7,8,9,10,11). The summed E-state index contributed by atoms with van der Waals surface area (Å²) in [5, 5.41) is 7.57. The van der Waals surface area contributed by atoms with Gasteiger partial charge in [-0.15, -0.1) is 0 Å². The molecule has 0 unspecified atom stereocenters. The number of nitrogens with two attached hydrogens (primary N) is 1. The number of anilines is 1. The maximum Gasteiger partial charge on any atom is 0.262 e. The molecule has 0 spiro atoms. The van der Waals surface area contributed by atoms with E-state index in [9.17, 15) is 9.59 Å². The molecular formula is C24H27ClN6O3S. The van der Waals surface area contributed by atoms with E-state index in [0.29, 0.717) is 6.54 Å². The van der Waals surface area contributed by atoms with Crippen LogP contribution in [0.3, 0.4) is 0 Å². The third-order valence-electron chi connectivity index (χ3n) is 4.70. The highest BCUT2D eigenvalue weighted by atomic mass is 35.5. The van der Waals surface area contributed by atoms with Crippen LogP contribution in [0.2, 0.25) is 5.02 Å². The van der Waals surface area contributed by atoms with Crippen molar-refractivity contribution < 1.29 is 9.53 Å². The molecule has 4 rings (SSSR count). The van der Waals surface area contributed by atoms with Crippen LogP contribution < -0.4 is 16.0 Å². The number of fused-ring (bicyclic) bond motifs is 1. The normalized spacial score (nSPS) is 13.7. The van der Waals surface area contributed by atoms with Crippen molar-refractivity contribution in [1.29, 1.82) is 5.41 Å². The quantitative estimate of drug-likeness (QED) is 0.355. The van der Waals surface area contributed by atoms with Crippen molar-refractivity contribution in [2.24, 2.45) is 4.99 Å². The number of rotatable bonds is 3. The number of amidine groups is 1. The first-order valence-corrected chi connectivity index (χ1v) is 11.3. The Morgan fingerprint density at radius 2 is 2.06 bits per heavy atom. The van der Waals surface area contributed by atoms with Crippen molar-refractivity contribution in [3.63, 3.8) is 0 Å². The molecule has 1 aromatic carbocycles. The maximum atomic E-state index is 11.5. The van der Waals surface area contributed by atoms with Gasteiger partial charge in [0, 0.05) is 29.2 Å². The number of benzene rings is 1. The fourth-order valence-electron chi connectivity index (χ4n) is 2.96. The molecule has 5 N–H and O–H groups in total. The van der Waals surface area contributed by atoms with Crippen LogP contribution in [0.25, 0.3) is 0 Å². The Balaban J connectivity index is 0.000000189. The summed E-state index contributed by atoms with van der Waals surface area (Å²) in [6.45, 7) is 4.36. The van der Waals surface area contributed by atoms with Crippen LogP contribution in [0, 0.1) is 17.1 Å². The number of nitrogen functional groups attached to an aromatic ring is 1. The van der Waals surface area contributed by atoms with Crippen molar-refractivity contribution in [1.82, 2.24) is 14.9 Å². The summed E-state index contributed by atoms with van der Waals surface area (Å²) < 4.78 is 5.21. The van der Waals surface area contributed by atoms with E-state index < -0.39 is 5.56 Å². The molecule has 0 saturated carbocycles. The zero-order valence-electron chi connectivity index (χ0n) is 19.6. The summed E-state index contributed by atoms with van der Waals surface area (Å²) in [5.74, 6) is 1.96. The Labute approximate surface area is 213 Å². The number of hydrogen-bond donors (Lipinski definition) is 4. The number of hydrogen-bond acceptors (Lipinski definition) is 8. The molecule has 0 aliphatic carbocycles. The van der Waals surface area contributed by atoms with Gasteiger partial charge in [0.05, 0.1) is 19.2 Å². The zero-order chi connectivity index (χ0) is 26.0. The Morgan fingerprint density at radius 3 is 2.66 bits per heavy atom. The van der Waals surface area contributed by atoms with Crippen molar-refractivity contribution >= 4 is 47.5 Å². The predicted molar refractivity (Wildman–Crippen MR) is 143 cm³/mol. The first kappa shape index (κ1) is 27.5. The van der Waals surface area contributed by atoms with Gasteiger partial charge < -0.3 is 25.8 Å². The van der Waals surface area contributed by atoms with E-state index in [4.69, 9.17) is 27.5 Å². The minimum atomic E-state index is -0.443. The Bertz CT molecular complexity index is 1320. The predicted octanol–water partition coefficient (Wildman–Crippen LogP) is 4.32. The monoisotopic (exact) mass is 514 g/mol. The number of halogens is 1. The van der Waals surface area contributed by atoms with Gasteiger partial charge in [0.1, 0.15) is 17.4 Å². The van der Waals surface area contributed by atoms with Crippen molar-refractivity contribution in [3.05, 3.63) is 85.7 Å². The summed E-state index contributed by atoms with van der Waals surface area (Å²) in [5.41, 5.74) is 6.91. The number of carbonyl (C=O) groups is 1. The number of methoxy groups -OCH3 is 1. The molecular weight excluding hydrogens is 488 g/mol. The first-order valence-electron chi connectivity index (χ1n) is 10.5. The van der Waals surface area contributed by atoms with Crippen LogP contribution >= 0.6 is 23.8 Å². The molecule has 0 saturated heterocycles. The van der Waals surface area contributed by atoms with E-state index in [1.54, 1.807) is 13.2 Å². The highest BCUT2D eigenvalue weighted by Gasteiger charge is 2.15. The minimum Gasteiger partial charge on any atom is -0.496 e. The molecule has 35 heavy (non-hydrogen) atoms. The number of nitrogens with zero attached hydrogens (tertiary/aromatic N) is 2. The highest BCUT2D eigenvalue weighted by Crippen LogP contribution is 2.20. The average molecular weight is 515 g/mol. The molecule has 11 heteroatoms. The van der Waals surface area contributed by atoms with E-state index in [-0.39, 0.29) is 21.9 Å². The molecule has 184 valence electrons. The van der Waals surface area contributed by atoms with E-state index >= 15 is 0 Å². The second kappa shape index (κ2) is 13.2. The van der Waals surface area contributed by atoms with Crippen LogP contribution in [0.5, 0.6) is 5.75 Å². The van der Waals surface area contributed by atoms with Crippen LogP contribution in [-0.2, 0) is 4.79 Å². The van der Waals surface area contributed by atoms with Crippen LogP contribution in [-0.4, -0.2) is 46.4 Å². The van der Waals surface area contributed by atoms with E-state index in [1.807, 2.05) is 61.4 Å². The Morgan fingerprint density at radius 1 is 1.31 bits per heavy atom. The molecule has 2 aliphatic heterocycles. The van der Waals surface area contributed by atoms with Gasteiger partial charge in [-0.2, -0.15) is 0 Å². The van der Waals surface area contributed by atoms with Gasteiger partial charge in [-0.25, -0.2) is 4.99 Å². The summed E-state index contributed by atoms with van der Waals surface area (Å²) in [4.78, 5) is 33.5. The van der Waals surface area contributed by atoms with Gasteiger partial charge in [0.25, 0.3) is 5.56 Å². The number of H-pyrrole nitrogens is 2. The number of aromatic amines is 2. The fourth-order valence-corrected chi connectivity index (χ4v) is 3.39. The molecule has 0 bridgehead atoms. The second-order valence-electron chi connectivity index (χ2n) is 7.25. The van der Waals surface area contributed by atoms with Gasteiger partial charge in [-0.3, -0.25) is 14.6 Å². The third kappa shape index (κ3) is 8.20. The van der Waals surface area contributed by atoms with Gasteiger partial charge in [0.15, 0.2) is 10.6 Å². The first-order chi connectivity index (χ1) is 16.7. The molecule has 2 aromatic rings. The van der Waals surface area contributed by atoms with Crippen molar-refractivity contribution in [3.8, 4) is 5.75 Å². The van der Waals surface area contributed by atoms with Crippen LogP contribution in [0.1, 0.15) is 24.5 Å². The lowest BCUT2D eigenvalue weighted by molar-refractivity contribution is -0.114. The summed E-state index contributed by atoms with van der Waals surface area (Å²) in [6.07, 6.45) is 10.9. The molecule has 0 atom stereocenters. The number of ketones is 1. The fraction of sp³-hybridized carbons (Fsp3) is 0.208. The number of aromatic nitrogens is 2. The third-order valence-corrected chi connectivity index (χ3v) is 5.14. The van der Waals surface area contributed by atoms with Crippen molar-refractivity contribution in [2.45, 2.75) is 20.3 Å². The second-order valence-corrected chi connectivity index (χ2v) is 8.09. The molecule has 2 aliphatic rings. The van der Waals surface area contributed by atoms with E-state index in [2.05, 4.69) is 27.2 Å². The number of ether oxygens (including phenoxy) is 1. The minimum absolute atomic E-state index is 0.0959. The van der Waals surface area contributed by atoms with E-state index in [0.717, 1.165) is 40.5 Å². The van der Waals surface area contributed by atoms with Crippen LogP contribution in [0.4, 0.5) is 5.82 Å². The lowest BCUT2D eigenvalue weighted by Gasteiger charge is -2.19. The number of nitrogens with one attached hydrogen (secondary N) is 3. The van der Waals surface area contributed by atoms with Gasteiger partial charge in [-0.05, 0) is 61.5 Å². The summed E-state index contributed by atoms with van der Waals surface area (Å²) >= 11 is 10.3. The number of allylic oxidation sites excluding steroid dienone is 3. The molecule has 0 fully saturated rings. The smallest absolute Gasteiger partial charge is 0.262 e. The molecule has 3 heterocycles. The van der Waals surface area contributed by atoms with Gasteiger partial charge in [-0.1, -0.05) is 24.6 Å². The molecule has 9 nitrogen and oxygen atoms in total. The zero-order valence-corrected chi connectivity index (χ0v) is 21.2. The largest absolute Gasteiger partial charge is 0.496 e. The molecule has 0 amide bonds. The SMILES string of the molecule is CCC1=CC(=O)CN2C=CC=CC2=N1.COc1ccc(Cl)cc1C.N=Cc1c(N)[nH]c(=S)[nH]c1=O. The number of aliphatic imine (C=N–C) groups is 1. The van der Waals surface area contributed by atoms with E-state index in [1.165, 1.54) is 0 Å². The molecule has 1 aromatic heterocycles. The topological polar surface area (TPSA) is 140 Å². The number of aryl methyl sites for hydroxylation is 1. The Kier molecular flexibility index (Phi) is 10.4. The molecule has 0 radical (unpaired) electrons. The van der Waals surface area contributed by atoms with Gasteiger partial charge >= 0.3 is 0 Å². The number of carbonyl (C=O) groups excluding carboxylic acids is 1. The lowest BCUT2D eigenvalue weighted by atomic mass is 10.2. The summed E-state index contributed by atoms with van der Waals surface area (Å²) in [7, 11) is 1.65.